The van der Waals surface area contributed by atoms with Crippen molar-refractivity contribution in [1.82, 2.24) is 25.9 Å². The third kappa shape index (κ3) is 9.76. The molecule has 0 saturated heterocycles. The van der Waals surface area contributed by atoms with Gasteiger partial charge in [-0.15, -0.1) is 0 Å². The fourth-order valence-electron chi connectivity index (χ4n) is 2.73. The van der Waals surface area contributed by atoms with Crippen LogP contribution in [-0.4, -0.2) is 97.2 Å². The zero-order valence-corrected chi connectivity index (χ0v) is 19.5. The van der Waals surface area contributed by atoms with Gasteiger partial charge in [-0.3, -0.25) is 19.2 Å². The second-order valence-corrected chi connectivity index (χ2v) is 8.43. The van der Waals surface area contributed by atoms with E-state index in [-0.39, 0.29) is 12.8 Å². The lowest BCUT2D eigenvalue weighted by Gasteiger charge is -2.24. The van der Waals surface area contributed by atoms with E-state index in [9.17, 15) is 39.3 Å². The number of hydrogen-bond donors (Lipinski definition) is 8. The number of aliphatic hydroxyl groups is 1. The van der Waals surface area contributed by atoms with E-state index < -0.39 is 66.4 Å². The SMILES string of the molecule is CSCCC(NC(=O)C(CC(=O)O)NC(=O)C(Cc1cnc[nH]1)NC(=O)C(N)C(C)O)C(=O)O. The molecular weight excluding hydrogens is 472 g/mol. The molecule has 3 amide bonds. The maximum atomic E-state index is 12.9. The molecule has 0 saturated carbocycles. The fraction of sp³-hybridized carbons (Fsp3) is 0.579. The Morgan fingerprint density at radius 3 is 2.15 bits per heavy atom. The number of nitrogens with two attached hydrogens (primary N) is 1. The Balaban J connectivity index is 3.04. The van der Waals surface area contributed by atoms with Gasteiger partial charge in [0.25, 0.3) is 0 Å². The number of nitrogens with one attached hydrogen (secondary N) is 4. The first-order chi connectivity index (χ1) is 16.0. The zero-order valence-electron chi connectivity index (χ0n) is 18.7. The number of amides is 3. The average Bonchev–Trinajstić information content (AvgIpc) is 3.27. The van der Waals surface area contributed by atoms with Gasteiger partial charge >= 0.3 is 11.9 Å². The summed E-state index contributed by atoms with van der Waals surface area (Å²) < 4.78 is 0. The summed E-state index contributed by atoms with van der Waals surface area (Å²) in [5, 5.41) is 34.9. The van der Waals surface area contributed by atoms with Gasteiger partial charge in [-0.25, -0.2) is 9.78 Å². The topological polar surface area (TPSA) is 237 Å². The molecule has 5 unspecified atom stereocenters. The maximum Gasteiger partial charge on any atom is 0.326 e. The lowest BCUT2D eigenvalue weighted by Crippen LogP contribution is -2.59. The van der Waals surface area contributed by atoms with Gasteiger partial charge in [0.05, 0.1) is 18.9 Å². The third-order valence-corrected chi connectivity index (χ3v) is 5.32. The first kappa shape index (κ1) is 28.9. The number of aliphatic carboxylic acids is 2. The average molecular weight is 503 g/mol. The summed E-state index contributed by atoms with van der Waals surface area (Å²) in [5.74, 6) is -5.07. The van der Waals surface area contributed by atoms with Crippen LogP contribution in [-0.2, 0) is 30.4 Å². The Morgan fingerprint density at radius 1 is 1.06 bits per heavy atom. The largest absolute Gasteiger partial charge is 0.481 e. The summed E-state index contributed by atoms with van der Waals surface area (Å²) in [6.07, 6.45) is 2.43. The van der Waals surface area contributed by atoms with Crippen LogP contribution in [0.15, 0.2) is 12.5 Å². The molecule has 0 aliphatic heterocycles. The van der Waals surface area contributed by atoms with E-state index in [1.807, 2.05) is 0 Å². The quantitative estimate of drug-likeness (QED) is 0.124. The summed E-state index contributed by atoms with van der Waals surface area (Å²) >= 11 is 1.36. The molecule has 5 atom stereocenters. The van der Waals surface area contributed by atoms with Crippen LogP contribution in [0.4, 0.5) is 0 Å². The van der Waals surface area contributed by atoms with Crippen molar-refractivity contribution in [1.29, 1.82) is 0 Å². The van der Waals surface area contributed by atoms with Gasteiger partial charge in [-0.2, -0.15) is 11.8 Å². The molecule has 34 heavy (non-hydrogen) atoms. The normalized spacial score (nSPS) is 15.3. The third-order valence-electron chi connectivity index (χ3n) is 4.67. The molecular formula is C19H30N6O8S. The molecule has 1 rings (SSSR count). The van der Waals surface area contributed by atoms with Crippen LogP contribution in [0.1, 0.15) is 25.5 Å². The van der Waals surface area contributed by atoms with Gasteiger partial charge in [-0.1, -0.05) is 0 Å². The Bertz CT molecular complexity index is 850. The van der Waals surface area contributed by atoms with Crippen molar-refractivity contribution in [2.45, 2.75) is 56.5 Å². The van der Waals surface area contributed by atoms with Gasteiger partial charge in [0.1, 0.15) is 24.2 Å². The van der Waals surface area contributed by atoms with Crippen molar-refractivity contribution in [2.75, 3.05) is 12.0 Å². The Morgan fingerprint density at radius 2 is 1.65 bits per heavy atom. The van der Waals surface area contributed by atoms with Crippen molar-refractivity contribution < 1.29 is 39.3 Å². The first-order valence-corrected chi connectivity index (χ1v) is 11.6. The number of imidazole rings is 1. The van der Waals surface area contributed by atoms with Crippen LogP contribution in [0.25, 0.3) is 0 Å². The second-order valence-electron chi connectivity index (χ2n) is 7.45. The van der Waals surface area contributed by atoms with Gasteiger partial charge in [-0.05, 0) is 25.4 Å². The van der Waals surface area contributed by atoms with Crippen molar-refractivity contribution in [2.24, 2.45) is 5.73 Å². The molecule has 0 aliphatic carbocycles. The van der Waals surface area contributed by atoms with Crippen LogP contribution in [0.5, 0.6) is 0 Å². The Labute approximate surface area is 199 Å². The lowest BCUT2D eigenvalue weighted by atomic mass is 10.1. The highest BCUT2D eigenvalue weighted by atomic mass is 32.2. The molecule has 1 aromatic heterocycles. The number of thioether (sulfide) groups is 1. The molecule has 0 aliphatic rings. The molecule has 9 N–H and O–H groups in total. The summed E-state index contributed by atoms with van der Waals surface area (Å²) in [7, 11) is 0. The highest BCUT2D eigenvalue weighted by Gasteiger charge is 2.32. The van der Waals surface area contributed by atoms with Crippen molar-refractivity contribution in [3.05, 3.63) is 18.2 Å². The number of carboxylic acids is 2. The van der Waals surface area contributed by atoms with Crippen molar-refractivity contribution in [3.63, 3.8) is 0 Å². The van der Waals surface area contributed by atoms with E-state index in [4.69, 9.17) is 5.73 Å². The standard InChI is InChI=1S/C19H30N6O8S/c1-9(26)15(20)18(31)25-12(5-10-7-21-8-22-10)16(29)24-13(6-14(27)28)17(30)23-11(19(32)33)3-4-34-2/h7-9,11-13,15,26H,3-6,20H2,1-2H3,(H,21,22)(H,23,30)(H,24,29)(H,25,31)(H,27,28)(H,32,33). The predicted octanol–water partition coefficient (Wildman–Crippen LogP) is -2.57. The molecule has 0 bridgehead atoms. The summed E-state index contributed by atoms with van der Waals surface area (Å²) in [4.78, 5) is 67.1. The van der Waals surface area contributed by atoms with E-state index in [1.165, 1.54) is 31.2 Å². The number of hydrogen-bond acceptors (Lipinski definition) is 9. The number of nitrogens with zero attached hydrogens (tertiary/aromatic N) is 1. The van der Waals surface area contributed by atoms with E-state index in [2.05, 4.69) is 25.9 Å². The molecule has 0 aromatic carbocycles. The molecule has 1 aromatic rings. The molecule has 1 heterocycles. The summed E-state index contributed by atoms with van der Waals surface area (Å²) in [5.41, 5.74) is 6.05. The minimum absolute atomic E-state index is 0.0890. The number of aliphatic hydroxyl groups excluding tert-OH is 1. The Hall–Kier alpha value is -3.17. The molecule has 190 valence electrons. The zero-order chi connectivity index (χ0) is 25.8. The number of aromatic amines is 1. The van der Waals surface area contributed by atoms with E-state index in [0.717, 1.165) is 0 Å². The number of aromatic nitrogens is 2. The second kappa shape index (κ2) is 14.2. The first-order valence-electron chi connectivity index (χ1n) is 10.2. The van der Waals surface area contributed by atoms with Gasteiger partial charge in [0, 0.05) is 18.3 Å². The molecule has 15 heteroatoms. The Kier molecular flexibility index (Phi) is 12.0. The van der Waals surface area contributed by atoms with E-state index >= 15 is 0 Å². The highest BCUT2D eigenvalue weighted by molar-refractivity contribution is 7.98. The van der Waals surface area contributed by atoms with Crippen molar-refractivity contribution >= 4 is 41.4 Å². The molecule has 0 fully saturated rings. The fourth-order valence-corrected chi connectivity index (χ4v) is 3.21. The molecule has 0 radical (unpaired) electrons. The molecule has 14 nitrogen and oxygen atoms in total. The smallest absolute Gasteiger partial charge is 0.326 e. The van der Waals surface area contributed by atoms with Crippen LogP contribution in [0, 0.1) is 0 Å². The van der Waals surface area contributed by atoms with Gasteiger partial charge in [0.2, 0.25) is 17.7 Å². The number of carboxylic acid groups (broad SMARTS) is 2. The molecule has 0 spiro atoms. The number of rotatable bonds is 15. The van der Waals surface area contributed by atoms with Crippen LogP contribution in [0.2, 0.25) is 0 Å². The van der Waals surface area contributed by atoms with Gasteiger partial charge in [0.15, 0.2) is 0 Å². The number of carbonyl (C=O) groups is 5. The van der Waals surface area contributed by atoms with Crippen LogP contribution in [0.3, 0.4) is 0 Å². The summed E-state index contributed by atoms with van der Waals surface area (Å²) in [6.45, 7) is 1.29. The van der Waals surface area contributed by atoms with Crippen LogP contribution >= 0.6 is 11.8 Å². The van der Waals surface area contributed by atoms with Crippen molar-refractivity contribution in [3.8, 4) is 0 Å². The monoisotopic (exact) mass is 502 g/mol. The minimum Gasteiger partial charge on any atom is -0.481 e. The highest BCUT2D eigenvalue weighted by Crippen LogP contribution is 2.05. The van der Waals surface area contributed by atoms with Gasteiger partial charge < -0.3 is 42.0 Å². The van der Waals surface area contributed by atoms with E-state index in [0.29, 0.717) is 11.4 Å². The summed E-state index contributed by atoms with van der Waals surface area (Å²) in [6, 6.07) is -5.55. The number of H-pyrrole nitrogens is 1. The maximum absolute atomic E-state index is 12.9. The lowest BCUT2D eigenvalue weighted by molar-refractivity contribution is -0.143. The minimum atomic E-state index is -1.62. The number of carbonyl (C=O) groups excluding carboxylic acids is 3. The van der Waals surface area contributed by atoms with Crippen LogP contribution < -0.4 is 21.7 Å². The van der Waals surface area contributed by atoms with E-state index in [1.54, 1.807) is 6.26 Å². The predicted molar refractivity (Wildman–Crippen MR) is 121 cm³/mol.